The summed E-state index contributed by atoms with van der Waals surface area (Å²) < 4.78 is 31.1. The summed E-state index contributed by atoms with van der Waals surface area (Å²) in [4.78, 5) is 0.279. The van der Waals surface area contributed by atoms with E-state index >= 15 is 0 Å². The number of hydrogen-bond donors (Lipinski definition) is 1. The Kier molecular flexibility index (Phi) is 4.46. The summed E-state index contributed by atoms with van der Waals surface area (Å²) in [6, 6.07) is 6.50. The Hall–Kier alpha value is -0.910. The first-order valence-corrected chi connectivity index (χ1v) is 6.52. The minimum Gasteiger partial charge on any atom is -0.383 e. The van der Waals surface area contributed by atoms with E-state index in [2.05, 4.69) is 4.72 Å². The molecular weight excluding hydrogens is 226 g/mol. The van der Waals surface area contributed by atoms with Crippen LogP contribution < -0.4 is 4.72 Å². The van der Waals surface area contributed by atoms with E-state index in [1.165, 1.54) is 7.11 Å². The van der Waals surface area contributed by atoms with Gasteiger partial charge in [0.1, 0.15) is 0 Å². The molecule has 5 heteroatoms. The van der Waals surface area contributed by atoms with Gasteiger partial charge in [0.2, 0.25) is 10.0 Å². The molecule has 0 unspecified atom stereocenters. The van der Waals surface area contributed by atoms with Crippen molar-refractivity contribution in [3.05, 3.63) is 29.8 Å². The molecular formula is C11H17NO3S. The van der Waals surface area contributed by atoms with Crippen molar-refractivity contribution in [2.75, 3.05) is 13.7 Å². The number of rotatable bonds is 5. The summed E-state index contributed by atoms with van der Waals surface area (Å²) in [5.74, 6) is 0. The van der Waals surface area contributed by atoms with Crippen molar-refractivity contribution in [3.8, 4) is 0 Å². The lowest BCUT2D eigenvalue weighted by molar-refractivity contribution is 0.180. The fourth-order valence-corrected chi connectivity index (χ4v) is 2.56. The Morgan fingerprint density at radius 3 is 2.38 bits per heavy atom. The van der Waals surface area contributed by atoms with E-state index < -0.39 is 10.0 Å². The molecule has 0 saturated carbocycles. The van der Waals surface area contributed by atoms with Crippen molar-refractivity contribution >= 4 is 10.0 Å². The van der Waals surface area contributed by atoms with Crippen LogP contribution in [0.5, 0.6) is 0 Å². The number of sulfonamides is 1. The molecule has 1 N–H and O–H groups in total. The molecule has 0 aliphatic heterocycles. The van der Waals surface area contributed by atoms with Crippen molar-refractivity contribution in [1.29, 1.82) is 0 Å². The van der Waals surface area contributed by atoms with Gasteiger partial charge in [-0.1, -0.05) is 17.7 Å². The van der Waals surface area contributed by atoms with Gasteiger partial charge in [-0.05, 0) is 26.0 Å². The lowest BCUT2D eigenvalue weighted by Crippen LogP contribution is -2.35. The topological polar surface area (TPSA) is 55.4 Å². The highest BCUT2D eigenvalue weighted by Crippen LogP contribution is 2.10. The first-order chi connectivity index (χ1) is 7.45. The maximum atomic E-state index is 11.9. The summed E-state index contributed by atoms with van der Waals surface area (Å²) in [5, 5.41) is 0. The molecule has 0 spiro atoms. The van der Waals surface area contributed by atoms with Gasteiger partial charge in [0.05, 0.1) is 11.5 Å². The molecule has 90 valence electrons. The van der Waals surface area contributed by atoms with Crippen molar-refractivity contribution in [2.45, 2.75) is 24.8 Å². The Morgan fingerprint density at radius 2 is 1.88 bits per heavy atom. The molecule has 0 aliphatic carbocycles. The molecule has 1 atom stereocenters. The highest BCUT2D eigenvalue weighted by molar-refractivity contribution is 7.89. The van der Waals surface area contributed by atoms with Crippen LogP contribution in [0.1, 0.15) is 12.5 Å². The van der Waals surface area contributed by atoms with Crippen LogP contribution in [0.3, 0.4) is 0 Å². The van der Waals surface area contributed by atoms with E-state index in [1.807, 2.05) is 6.92 Å². The van der Waals surface area contributed by atoms with Gasteiger partial charge in [-0.25, -0.2) is 13.1 Å². The lowest BCUT2D eigenvalue weighted by atomic mass is 10.2. The quantitative estimate of drug-likeness (QED) is 0.848. The summed E-state index contributed by atoms with van der Waals surface area (Å²) in [7, 11) is -1.89. The van der Waals surface area contributed by atoms with E-state index in [1.54, 1.807) is 31.2 Å². The number of ether oxygens (including phenoxy) is 1. The highest BCUT2D eigenvalue weighted by Gasteiger charge is 2.16. The first kappa shape index (κ1) is 13.2. The van der Waals surface area contributed by atoms with Gasteiger partial charge in [0, 0.05) is 13.2 Å². The minimum atomic E-state index is -3.43. The molecule has 0 fully saturated rings. The normalized spacial score (nSPS) is 13.7. The molecule has 0 bridgehead atoms. The smallest absolute Gasteiger partial charge is 0.240 e. The molecule has 0 aromatic heterocycles. The van der Waals surface area contributed by atoms with Crippen LogP contribution in [0.4, 0.5) is 0 Å². The zero-order valence-electron chi connectivity index (χ0n) is 9.73. The average molecular weight is 243 g/mol. The SMILES string of the molecule is COC[C@@H](C)NS(=O)(=O)c1ccc(C)cc1. The Labute approximate surface area is 96.7 Å². The Morgan fingerprint density at radius 1 is 1.31 bits per heavy atom. The molecule has 0 heterocycles. The second-order valence-electron chi connectivity index (χ2n) is 3.79. The van der Waals surface area contributed by atoms with Crippen LogP contribution in [0.2, 0.25) is 0 Å². The molecule has 1 aromatic carbocycles. The van der Waals surface area contributed by atoms with Crippen molar-refractivity contribution < 1.29 is 13.2 Å². The van der Waals surface area contributed by atoms with Crippen molar-refractivity contribution in [2.24, 2.45) is 0 Å². The molecule has 4 nitrogen and oxygen atoms in total. The third-order valence-corrected chi connectivity index (χ3v) is 3.71. The van der Waals surface area contributed by atoms with E-state index in [0.717, 1.165) is 5.56 Å². The van der Waals surface area contributed by atoms with Gasteiger partial charge in [-0.2, -0.15) is 0 Å². The molecule has 1 aromatic rings. The fraction of sp³-hybridized carbons (Fsp3) is 0.455. The number of nitrogens with one attached hydrogen (secondary N) is 1. The van der Waals surface area contributed by atoms with E-state index in [9.17, 15) is 8.42 Å². The molecule has 1 rings (SSSR count). The molecule has 0 aliphatic rings. The summed E-state index contributed by atoms with van der Waals surface area (Å²) in [6.45, 7) is 4.03. The van der Waals surface area contributed by atoms with Crippen LogP contribution in [0.15, 0.2) is 29.2 Å². The lowest BCUT2D eigenvalue weighted by Gasteiger charge is -2.13. The summed E-state index contributed by atoms with van der Waals surface area (Å²) >= 11 is 0. The van der Waals surface area contributed by atoms with E-state index in [-0.39, 0.29) is 10.9 Å². The molecule has 0 radical (unpaired) electrons. The van der Waals surface area contributed by atoms with Gasteiger partial charge < -0.3 is 4.74 Å². The van der Waals surface area contributed by atoms with Crippen LogP contribution in [0.25, 0.3) is 0 Å². The fourth-order valence-electron chi connectivity index (χ4n) is 1.33. The maximum absolute atomic E-state index is 11.9. The summed E-state index contributed by atoms with van der Waals surface area (Å²) in [6.07, 6.45) is 0. The predicted octanol–water partition coefficient (Wildman–Crippen LogP) is 1.31. The number of aryl methyl sites for hydroxylation is 1. The van der Waals surface area contributed by atoms with Crippen LogP contribution in [-0.2, 0) is 14.8 Å². The van der Waals surface area contributed by atoms with Crippen LogP contribution >= 0.6 is 0 Å². The average Bonchev–Trinajstić information content (AvgIpc) is 2.17. The zero-order valence-corrected chi connectivity index (χ0v) is 10.5. The predicted molar refractivity (Wildman–Crippen MR) is 62.8 cm³/mol. The third-order valence-electron chi connectivity index (χ3n) is 2.10. The summed E-state index contributed by atoms with van der Waals surface area (Å²) in [5.41, 5.74) is 1.03. The van der Waals surface area contributed by atoms with Crippen molar-refractivity contribution in [1.82, 2.24) is 4.72 Å². The van der Waals surface area contributed by atoms with E-state index in [4.69, 9.17) is 4.74 Å². The van der Waals surface area contributed by atoms with Gasteiger partial charge in [0.25, 0.3) is 0 Å². The van der Waals surface area contributed by atoms with Crippen LogP contribution in [-0.4, -0.2) is 28.2 Å². The third kappa shape index (κ3) is 3.59. The zero-order chi connectivity index (χ0) is 12.2. The Bertz CT molecular complexity index is 425. The minimum absolute atomic E-state index is 0.240. The second kappa shape index (κ2) is 5.43. The number of benzene rings is 1. The highest BCUT2D eigenvalue weighted by atomic mass is 32.2. The number of hydrogen-bond acceptors (Lipinski definition) is 3. The Balaban J connectivity index is 2.82. The van der Waals surface area contributed by atoms with Gasteiger partial charge in [0.15, 0.2) is 0 Å². The van der Waals surface area contributed by atoms with E-state index in [0.29, 0.717) is 6.61 Å². The van der Waals surface area contributed by atoms with Gasteiger partial charge in [-0.3, -0.25) is 0 Å². The largest absolute Gasteiger partial charge is 0.383 e. The van der Waals surface area contributed by atoms with Crippen LogP contribution in [0, 0.1) is 6.92 Å². The molecule has 0 amide bonds. The maximum Gasteiger partial charge on any atom is 0.240 e. The number of methoxy groups -OCH3 is 1. The van der Waals surface area contributed by atoms with Crippen molar-refractivity contribution in [3.63, 3.8) is 0 Å². The standard InChI is InChI=1S/C11H17NO3S/c1-9-4-6-11(7-5-9)16(13,14)12-10(2)8-15-3/h4-7,10,12H,8H2,1-3H3/t10-/m1/s1. The van der Waals surface area contributed by atoms with Gasteiger partial charge in [-0.15, -0.1) is 0 Å². The molecule has 0 saturated heterocycles. The molecule has 16 heavy (non-hydrogen) atoms. The first-order valence-electron chi connectivity index (χ1n) is 5.03. The van der Waals surface area contributed by atoms with Gasteiger partial charge >= 0.3 is 0 Å². The monoisotopic (exact) mass is 243 g/mol. The second-order valence-corrected chi connectivity index (χ2v) is 5.50.